The molecule has 0 spiro atoms. The van der Waals surface area contributed by atoms with E-state index in [4.69, 9.17) is 19.5 Å². The van der Waals surface area contributed by atoms with E-state index in [0.29, 0.717) is 17.1 Å². The van der Waals surface area contributed by atoms with Crippen LogP contribution < -0.4 is 14.8 Å². The number of ether oxygens (including phenoxy) is 3. The van der Waals surface area contributed by atoms with E-state index >= 15 is 0 Å². The first-order valence-electron chi connectivity index (χ1n) is 8.66. The number of nitriles is 1. The highest BCUT2D eigenvalue weighted by atomic mass is 19.1. The molecule has 0 aromatic heterocycles. The number of methoxy groups -OCH3 is 1. The van der Waals surface area contributed by atoms with Crippen LogP contribution in [-0.2, 0) is 14.3 Å². The van der Waals surface area contributed by atoms with E-state index in [0.717, 1.165) is 24.3 Å². The molecular formula is C21H18F2N2O5. The van der Waals surface area contributed by atoms with Crippen LogP contribution in [-0.4, -0.2) is 31.7 Å². The summed E-state index contributed by atoms with van der Waals surface area (Å²) in [5.74, 6) is -2.44. The van der Waals surface area contributed by atoms with Crippen molar-refractivity contribution in [1.29, 1.82) is 5.26 Å². The van der Waals surface area contributed by atoms with Gasteiger partial charge in [0.25, 0.3) is 5.91 Å². The van der Waals surface area contributed by atoms with Crippen molar-refractivity contribution in [2.75, 3.05) is 19.0 Å². The lowest BCUT2D eigenvalue weighted by molar-refractivity contribution is -0.148. The number of carbonyl (C=O) groups excluding carboxylic acids is 2. The number of nitrogens with zero attached hydrogens (tertiary/aromatic N) is 1. The summed E-state index contributed by atoms with van der Waals surface area (Å²) < 4.78 is 42.1. The van der Waals surface area contributed by atoms with Crippen molar-refractivity contribution < 1.29 is 32.6 Å². The van der Waals surface area contributed by atoms with E-state index in [2.05, 4.69) is 5.32 Å². The summed E-state index contributed by atoms with van der Waals surface area (Å²) in [6, 6.07) is 9.23. The summed E-state index contributed by atoms with van der Waals surface area (Å²) in [7, 11) is 1.43. The SMILES string of the molecule is COc1cc(/C=C/C(=O)O[C@@H](C)C(=O)Nc2cc(F)ccc2F)ccc1OCC#N. The van der Waals surface area contributed by atoms with Crippen molar-refractivity contribution in [3.05, 3.63) is 59.7 Å². The van der Waals surface area contributed by atoms with Crippen LogP contribution in [0.5, 0.6) is 11.5 Å². The summed E-state index contributed by atoms with van der Waals surface area (Å²) in [6.07, 6.45) is 1.27. The Kier molecular flexibility index (Phi) is 7.88. The van der Waals surface area contributed by atoms with Gasteiger partial charge >= 0.3 is 5.97 Å². The predicted molar refractivity (Wildman–Crippen MR) is 104 cm³/mol. The number of benzene rings is 2. The minimum Gasteiger partial charge on any atom is -0.493 e. The number of carbonyl (C=O) groups is 2. The molecule has 0 saturated carbocycles. The first kappa shape index (κ1) is 22.4. The lowest BCUT2D eigenvalue weighted by Crippen LogP contribution is -2.29. The molecule has 0 fully saturated rings. The smallest absolute Gasteiger partial charge is 0.331 e. The molecule has 156 valence electrons. The normalized spacial score (nSPS) is 11.4. The van der Waals surface area contributed by atoms with E-state index in [1.54, 1.807) is 18.2 Å². The quantitative estimate of drug-likeness (QED) is 0.523. The Morgan fingerprint density at radius 2 is 1.97 bits per heavy atom. The van der Waals surface area contributed by atoms with Crippen LogP contribution in [0.1, 0.15) is 12.5 Å². The predicted octanol–water partition coefficient (Wildman–Crippen LogP) is 3.46. The number of nitrogens with one attached hydrogen (secondary N) is 1. The summed E-state index contributed by atoms with van der Waals surface area (Å²) >= 11 is 0. The molecule has 0 unspecified atom stereocenters. The third-order valence-electron chi connectivity index (χ3n) is 3.74. The lowest BCUT2D eigenvalue weighted by Gasteiger charge is -2.13. The molecule has 2 rings (SSSR count). The average Bonchev–Trinajstić information content (AvgIpc) is 2.73. The van der Waals surface area contributed by atoms with Crippen LogP contribution in [0.15, 0.2) is 42.5 Å². The van der Waals surface area contributed by atoms with Gasteiger partial charge in [0.05, 0.1) is 12.8 Å². The number of hydrogen-bond acceptors (Lipinski definition) is 6. The van der Waals surface area contributed by atoms with Gasteiger partial charge in [0, 0.05) is 12.1 Å². The zero-order chi connectivity index (χ0) is 22.1. The summed E-state index contributed by atoms with van der Waals surface area (Å²) in [6.45, 7) is 1.15. The second kappa shape index (κ2) is 10.6. The summed E-state index contributed by atoms with van der Waals surface area (Å²) in [4.78, 5) is 24.0. The largest absolute Gasteiger partial charge is 0.493 e. The van der Waals surface area contributed by atoms with Gasteiger partial charge in [-0.2, -0.15) is 5.26 Å². The highest BCUT2D eigenvalue weighted by Gasteiger charge is 2.18. The fraction of sp³-hybridized carbons (Fsp3) is 0.190. The zero-order valence-electron chi connectivity index (χ0n) is 16.1. The molecule has 9 heteroatoms. The first-order valence-corrected chi connectivity index (χ1v) is 8.66. The summed E-state index contributed by atoms with van der Waals surface area (Å²) in [5.41, 5.74) is 0.219. The van der Waals surface area contributed by atoms with Crippen molar-refractivity contribution in [1.82, 2.24) is 0 Å². The number of esters is 1. The van der Waals surface area contributed by atoms with Crippen LogP contribution in [0.2, 0.25) is 0 Å². The van der Waals surface area contributed by atoms with Crippen LogP contribution >= 0.6 is 0 Å². The molecule has 0 aliphatic carbocycles. The van der Waals surface area contributed by atoms with Crippen molar-refractivity contribution in [2.45, 2.75) is 13.0 Å². The maximum absolute atomic E-state index is 13.6. The maximum atomic E-state index is 13.6. The van der Waals surface area contributed by atoms with E-state index in [1.165, 1.54) is 20.1 Å². The third kappa shape index (κ3) is 6.31. The first-order chi connectivity index (χ1) is 14.3. The number of halogens is 2. The number of anilines is 1. The van der Waals surface area contributed by atoms with E-state index in [1.807, 2.05) is 6.07 Å². The molecular weight excluding hydrogens is 398 g/mol. The van der Waals surface area contributed by atoms with Gasteiger partial charge in [0.15, 0.2) is 24.2 Å². The van der Waals surface area contributed by atoms with Gasteiger partial charge in [-0.25, -0.2) is 13.6 Å². The molecule has 0 aliphatic heterocycles. The van der Waals surface area contributed by atoms with E-state index < -0.39 is 29.6 Å². The van der Waals surface area contributed by atoms with Crippen molar-refractivity contribution in [2.24, 2.45) is 0 Å². The van der Waals surface area contributed by atoms with Gasteiger partial charge in [-0.3, -0.25) is 4.79 Å². The second-order valence-electron chi connectivity index (χ2n) is 5.88. The Morgan fingerprint density at radius 3 is 2.67 bits per heavy atom. The molecule has 2 aromatic carbocycles. The van der Waals surface area contributed by atoms with E-state index in [9.17, 15) is 18.4 Å². The second-order valence-corrected chi connectivity index (χ2v) is 5.88. The van der Waals surface area contributed by atoms with Crippen LogP contribution in [0.4, 0.5) is 14.5 Å². The fourth-order valence-corrected chi connectivity index (χ4v) is 2.28. The van der Waals surface area contributed by atoms with Crippen molar-refractivity contribution >= 4 is 23.6 Å². The molecule has 1 atom stereocenters. The van der Waals surface area contributed by atoms with Crippen LogP contribution in [0.3, 0.4) is 0 Å². The van der Waals surface area contributed by atoms with Gasteiger partial charge in [0.2, 0.25) is 0 Å². The summed E-state index contributed by atoms with van der Waals surface area (Å²) in [5, 5.41) is 10.7. The van der Waals surface area contributed by atoms with Crippen molar-refractivity contribution in [3.63, 3.8) is 0 Å². The zero-order valence-corrected chi connectivity index (χ0v) is 16.1. The van der Waals surface area contributed by atoms with Crippen LogP contribution in [0.25, 0.3) is 6.08 Å². The van der Waals surface area contributed by atoms with Crippen LogP contribution in [0, 0.1) is 23.0 Å². The monoisotopic (exact) mass is 416 g/mol. The molecule has 0 saturated heterocycles. The topological polar surface area (TPSA) is 97.7 Å². The Balaban J connectivity index is 1.97. The highest BCUT2D eigenvalue weighted by molar-refractivity contribution is 5.96. The molecule has 0 heterocycles. The van der Waals surface area contributed by atoms with Gasteiger partial charge in [-0.05, 0) is 42.8 Å². The fourth-order valence-electron chi connectivity index (χ4n) is 2.28. The molecule has 0 aliphatic rings. The van der Waals surface area contributed by atoms with Gasteiger partial charge < -0.3 is 19.5 Å². The molecule has 0 bridgehead atoms. The standard InChI is InChI=1S/C21H18F2N2O5/c1-13(21(27)25-17-12-15(22)5-6-16(17)23)30-20(26)8-4-14-3-7-18(29-10-9-24)19(11-14)28-2/h3-8,11-13H,10H2,1-2H3,(H,25,27)/b8-4+/t13-/m0/s1. The minimum atomic E-state index is -1.25. The molecule has 1 N–H and O–H groups in total. The Morgan fingerprint density at radius 1 is 1.20 bits per heavy atom. The molecule has 7 nitrogen and oxygen atoms in total. The number of hydrogen-bond donors (Lipinski definition) is 1. The van der Waals surface area contributed by atoms with Gasteiger partial charge in [0.1, 0.15) is 17.7 Å². The molecule has 2 aromatic rings. The van der Waals surface area contributed by atoms with Crippen molar-refractivity contribution in [3.8, 4) is 17.6 Å². The minimum absolute atomic E-state index is 0.142. The molecule has 1 amide bonds. The lowest BCUT2D eigenvalue weighted by atomic mass is 10.2. The Hall–Kier alpha value is -3.93. The van der Waals surface area contributed by atoms with Gasteiger partial charge in [-0.15, -0.1) is 0 Å². The van der Waals surface area contributed by atoms with Gasteiger partial charge in [-0.1, -0.05) is 6.07 Å². The van der Waals surface area contributed by atoms with E-state index in [-0.39, 0.29) is 12.3 Å². The average molecular weight is 416 g/mol. The maximum Gasteiger partial charge on any atom is 0.331 e. The third-order valence-corrected chi connectivity index (χ3v) is 3.74. The molecule has 0 radical (unpaired) electrons. The molecule has 30 heavy (non-hydrogen) atoms. The Labute approximate surface area is 171 Å². The number of rotatable bonds is 8. The Bertz CT molecular complexity index is 1000. The number of amides is 1. The highest BCUT2D eigenvalue weighted by Crippen LogP contribution is 2.28.